The molecule has 2 aliphatic heterocycles. The summed E-state index contributed by atoms with van der Waals surface area (Å²) >= 11 is 0. The van der Waals surface area contributed by atoms with Crippen LogP contribution in [0.1, 0.15) is 22.0 Å². The molecule has 1 saturated heterocycles. The maximum atomic E-state index is 14.5. The smallest absolute Gasteiger partial charge is 0.255 e. The van der Waals surface area contributed by atoms with Crippen LogP contribution >= 0.6 is 0 Å². The second-order valence-corrected chi connectivity index (χ2v) is 8.91. The highest BCUT2D eigenvalue weighted by Gasteiger charge is 2.37. The summed E-state index contributed by atoms with van der Waals surface area (Å²) in [5.41, 5.74) is 2.21. The molecule has 5 heterocycles. The minimum absolute atomic E-state index is 0.00634. The van der Waals surface area contributed by atoms with Crippen LogP contribution in [0.25, 0.3) is 22.3 Å². The third-order valence-electron chi connectivity index (χ3n) is 6.57. The van der Waals surface area contributed by atoms with E-state index in [9.17, 15) is 18.0 Å². The number of alkyl halides is 2. The first-order chi connectivity index (χ1) is 18.4. The van der Waals surface area contributed by atoms with Crippen molar-refractivity contribution in [3.8, 4) is 22.9 Å². The monoisotopic (exact) mass is 525 g/mol. The van der Waals surface area contributed by atoms with Crippen molar-refractivity contribution in [2.45, 2.75) is 18.4 Å². The lowest BCUT2D eigenvalue weighted by atomic mass is 9.96. The highest BCUT2D eigenvalue weighted by molar-refractivity contribution is 6.08. The Bertz CT molecular complexity index is 1540. The van der Waals surface area contributed by atoms with Gasteiger partial charge in [-0.2, -0.15) is 0 Å². The van der Waals surface area contributed by atoms with Gasteiger partial charge in [-0.25, -0.2) is 18.2 Å². The Morgan fingerprint density at radius 3 is 2.76 bits per heavy atom. The van der Waals surface area contributed by atoms with Crippen LogP contribution in [0.2, 0.25) is 0 Å². The van der Waals surface area contributed by atoms with Crippen molar-refractivity contribution in [1.82, 2.24) is 20.3 Å². The number of fused-ring (bicyclic) bond motifs is 2. The van der Waals surface area contributed by atoms with E-state index >= 15 is 0 Å². The van der Waals surface area contributed by atoms with Gasteiger partial charge in [0.25, 0.3) is 5.91 Å². The zero-order chi connectivity index (χ0) is 26.4. The SMILES string of the molecule is COc1c(F)cccc1Nc1c(-c2ccnc3ccc(OC4COC4)nc23)[nH]c2c1C(=O)NC[C@@H]2C(F)F. The fourth-order valence-electron chi connectivity index (χ4n) is 4.65. The molecule has 3 N–H and O–H groups in total. The quantitative estimate of drug-likeness (QED) is 0.328. The lowest BCUT2D eigenvalue weighted by Crippen LogP contribution is -2.38. The molecule has 2 aliphatic rings. The number of nitrogens with zero attached hydrogens (tertiary/aromatic N) is 2. The molecule has 0 unspecified atom stereocenters. The predicted molar refractivity (Wildman–Crippen MR) is 132 cm³/mol. The van der Waals surface area contributed by atoms with Gasteiger partial charge in [0.1, 0.15) is 11.6 Å². The number of carbonyl (C=O) groups excluding carboxylic acids is 1. The zero-order valence-electron chi connectivity index (χ0n) is 20.1. The van der Waals surface area contributed by atoms with Gasteiger partial charge in [0.2, 0.25) is 12.3 Å². The number of H-pyrrole nitrogens is 1. The average molecular weight is 525 g/mol. The summed E-state index contributed by atoms with van der Waals surface area (Å²) in [5, 5.41) is 5.60. The van der Waals surface area contributed by atoms with E-state index in [1.165, 1.54) is 19.2 Å². The van der Waals surface area contributed by atoms with Gasteiger partial charge in [0.15, 0.2) is 11.6 Å². The number of pyridine rings is 2. The number of methoxy groups -OCH3 is 1. The normalized spacial score (nSPS) is 17.2. The summed E-state index contributed by atoms with van der Waals surface area (Å²) < 4.78 is 58.8. The van der Waals surface area contributed by atoms with Crippen molar-refractivity contribution in [2.24, 2.45) is 0 Å². The van der Waals surface area contributed by atoms with Crippen molar-refractivity contribution >= 4 is 28.3 Å². The molecule has 0 spiro atoms. The van der Waals surface area contributed by atoms with Gasteiger partial charge in [-0.1, -0.05) is 6.07 Å². The van der Waals surface area contributed by atoms with Crippen LogP contribution in [0.3, 0.4) is 0 Å². The molecule has 1 atom stereocenters. The highest BCUT2D eigenvalue weighted by atomic mass is 19.3. The van der Waals surface area contributed by atoms with E-state index in [0.29, 0.717) is 41.4 Å². The molecule has 1 aromatic carbocycles. The molecule has 6 rings (SSSR count). The number of rotatable bonds is 7. The first-order valence-corrected chi connectivity index (χ1v) is 11.9. The fourth-order valence-corrected chi connectivity index (χ4v) is 4.65. The third kappa shape index (κ3) is 4.06. The Kier molecular flexibility index (Phi) is 6.03. The minimum atomic E-state index is -2.74. The van der Waals surface area contributed by atoms with Gasteiger partial charge in [0.05, 0.1) is 54.4 Å². The van der Waals surface area contributed by atoms with E-state index in [1.807, 2.05) is 0 Å². The molecular formula is C26H22F3N5O4. The number of aromatic nitrogens is 3. The second kappa shape index (κ2) is 9.53. The molecule has 1 amide bonds. The Morgan fingerprint density at radius 1 is 1.18 bits per heavy atom. The fraction of sp³-hybridized carbons (Fsp3) is 0.269. The van der Waals surface area contributed by atoms with E-state index in [-0.39, 0.29) is 41.0 Å². The summed E-state index contributed by atoms with van der Waals surface area (Å²) in [5.74, 6) is -2.19. The Balaban J connectivity index is 1.56. The number of anilines is 2. The highest BCUT2D eigenvalue weighted by Crippen LogP contribution is 2.44. The van der Waals surface area contributed by atoms with Crippen molar-refractivity contribution in [2.75, 3.05) is 32.2 Å². The van der Waals surface area contributed by atoms with Crippen LogP contribution in [-0.2, 0) is 4.74 Å². The molecule has 1 fully saturated rings. The van der Waals surface area contributed by atoms with E-state index in [0.717, 1.165) is 0 Å². The maximum absolute atomic E-state index is 14.5. The van der Waals surface area contributed by atoms with Gasteiger partial charge >= 0.3 is 0 Å². The summed E-state index contributed by atoms with van der Waals surface area (Å²) in [4.78, 5) is 25.1. The van der Waals surface area contributed by atoms with E-state index in [2.05, 4.69) is 25.6 Å². The number of benzene rings is 1. The minimum Gasteiger partial charge on any atom is -0.492 e. The van der Waals surface area contributed by atoms with Crippen molar-refractivity contribution in [1.29, 1.82) is 0 Å². The van der Waals surface area contributed by atoms with Crippen LogP contribution in [0.4, 0.5) is 24.5 Å². The average Bonchev–Trinajstić information content (AvgIpc) is 3.25. The molecule has 4 aromatic rings. The number of hydrogen-bond donors (Lipinski definition) is 3. The van der Waals surface area contributed by atoms with Crippen molar-refractivity contribution in [3.05, 3.63) is 59.7 Å². The van der Waals surface area contributed by atoms with Gasteiger partial charge in [-0.15, -0.1) is 0 Å². The standard InChI is InChI=1S/C26H22F3N5O4/c1-36-24-15(27)3-2-4-17(24)32-23-19-21(14(25(28)29)9-31-26(19)35)34-22(23)13-7-8-30-16-5-6-18(33-20(13)16)38-12-10-37-11-12/h2-8,12,14,25,32,34H,9-11H2,1H3,(H,31,35)/t14-/m0/s1. The molecular weight excluding hydrogens is 503 g/mol. The molecule has 196 valence electrons. The first kappa shape index (κ1) is 24.0. The summed E-state index contributed by atoms with van der Waals surface area (Å²) in [6.45, 7) is 0.677. The number of para-hydroxylation sites is 1. The Hall–Kier alpha value is -4.32. The molecule has 0 radical (unpaired) electrons. The lowest BCUT2D eigenvalue weighted by molar-refractivity contribution is -0.0812. The number of halogens is 3. The topological polar surface area (TPSA) is 110 Å². The van der Waals surface area contributed by atoms with Crippen LogP contribution < -0.4 is 20.1 Å². The maximum Gasteiger partial charge on any atom is 0.255 e. The predicted octanol–water partition coefficient (Wildman–Crippen LogP) is 4.39. The number of nitrogens with one attached hydrogen (secondary N) is 3. The molecule has 12 heteroatoms. The van der Waals surface area contributed by atoms with E-state index in [4.69, 9.17) is 14.2 Å². The number of ether oxygens (including phenoxy) is 3. The van der Waals surface area contributed by atoms with Gasteiger partial charge < -0.3 is 29.8 Å². The molecule has 3 aromatic heterocycles. The number of amides is 1. The summed E-state index contributed by atoms with van der Waals surface area (Å²) in [7, 11) is 1.31. The van der Waals surface area contributed by atoms with Crippen molar-refractivity contribution < 1.29 is 32.2 Å². The molecule has 0 bridgehead atoms. The number of hydrogen-bond acceptors (Lipinski definition) is 7. The van der Waals surface area contributed by atoms with E-state index in [1.54, 1.807) is 30.5 Å². The van der Waals surface area contributed by atoms with Gasteiger partial charge in [-0.05, 0) is 24.3 Å². The second-order valence-electron chi connectivity index (χ2n) is 8.91. The molecule has 38 heavy (non-hydrogen) atoms. The van der Waals surface area contributed by atoms with Gasteiger partial charge in [-0.3, -0.25) is 9.78 Å². The first-order valence-electron chi connectivity index (χ1n) is 11.9. The van der Waals surface area contributed by atoms with E-state index < -0.39 is 24.1 Å². The van der Waals surface area contributed by atoms with Crippen LogP contribution in [0.5, 0.6) is 11.6 Å². The molecule has 0 aliphatic carbocycles. The Labute approximate surface area is 214 Å². The molecule has 0 saturated carbocycles. The summed E-state index contributed by atoms with van der Waals surface area (Å²) in [6.07, 6.45) is -1.31. The van der Waals surface area contributed by atoms with Crippen LogP contribution in [0.15, 0.2) is 42.6 Å². The number of aromatic amines is 1. The Morgan fingerprint density at radius 2 is 2.03 bits per heavy atom. The zero-order valence-corrected chi connectivity index (χ0v) is 20.1. The molecule has 9 nitrogen and oxygen atoms in total. The van der Waals surface area contributed by atoms with Crippen LogP contribution in [0, 0.1) is 5.82 Å². The van der Waals surface area contributed by atoms with Crippen molar-refractivity contribution in [3.63, 3.8) is 0 Å². The van der Waals surface area contributed by atoms with Gasteiger partial charge in [0, 0.05) is 30.1 Å². The number of carbonyl (C=O) groups is 1. The lowest BCUT2D eigenvalue weighted by Gasteiger charge is -2.26. The van der Waals surface area contributed by atoms with Crippen LogP contribution in [-0.4, -0.2) is 60.3 Å². The summed E-state index contributed by atoms with van der Waals surface area (Å²) in [6, 6.07) is 9.34. The third-order valence-corrected chi connectivity index (χ3v) is 6.57. The largest absolute Gasteiger partial charge is 0.492 e.